The Hall–Kier alpha value is 0.797. The molecule has 68 valence electrons. The number of halogens is 2. The Morgan fingerprint density at radius 3 is 1.18 bits per heavy atom. The van der Waals surface area contributed by atoms with Crippen LogP contribution in [-0.4, -0.2) is 19.1 Å². The number of alkyl halides is 2. The molecule has 0 aliphatic rings. The third kappa shape index (κ3) is 2.36. The van der Waals surface area contributed by atoms with Crippen LogP contribution < -0.4 is 0 Å². The van der Waals surface area contributed by atoms with Gasteiger partial charge in [0.05, 0.1) is 8.07 Å². The van der Waals surface area contributed by atoms with Crippen LogP contribution in [0.25, 0.3) is 0 Å². The van der Waals surface area contributed by atoms with Crippen LogP contribution in [0.2, 0.25) is 11.1 Å². The zero-order valence-electron chi connectivity index (χ0n) is 7.82. The lowest BCUT2D eigenvalue weighted by atomic mass is 10.5. The monoisotopic (exact) mass is 212 g/mol. The quantitative estimate of drug-likeness (QED) is 0.492. The van der Waals surface area contributed by atoms with E-state index >= 15 is 0 Å². The topological polar surface area (TPSA) is 0 Å². The minimum atomic E-state index is -1.37. The van der Waals surface area contributed by atoms with Crippen LogP contribution in [0.15, 0.2) is 0 Å². The summed E-state index contributed by atoms with van der Waals surface area (Å²) in [5, 5.41) is 0. The van der Waals surface area contributed by atoms with Gasteiger partial charge in [0.2, 0.25) is 0 Å². The Morgan fingerprint density at radius 1 is 0.909 bits per heavy atom. The molecule has 0 aromatic rings. The van der Waals surface area contributed by atoms with E-state index in [4.69, 9.17) is 23.2 Å². The van der Waals surface area contributed by atoms with Crippen LogP contribution >= 0.6 is 23.2 Å². The average Bonchev–Trinajstić information content (AvgIpc) is 1.90. The first kappa shape index (κ1) is 11.8. The van der Waals surface area contributed by atoms with E-state index in [0.29, 0.717) is 11.1 Å². The van der Waals surface area contributed by atoms with Crippen molar-refractivity contribution in [2.45, 2.75) is 38.8 Å². The third-order valence-corrected chi connectivity index (χ3v) is 11.4. The van der Waals surface area contributed by atoms with Gasteiger partial charge < -0.3 is 0 Å². The van der Waals surface area contributed by atoms with Crippen molar-refractivity contribution in [2.24, 2.45) is 0 Å². The molecule has 0 rings (SSSR count). The van der Waals surface area contributed by atoms with E-state index in [1.54, 1.807) is 0 Å². The molecule has 0 heterocycles. The van der Waals surface area contributed by atoms with Crippen molar-refractivity contribution in [3.63, 3.8) is 0 Å². The van der Waals surface area contributed by atoms with Gasteiger partial charge in [-0.05, 0) is 11.1 Å². The van der Waals surface area contributed by atoms with Crippen LogP contribution in [0.3, 0.4) is 0 Å². The van der Waals surface area contributed by atoms with E-state index in [1.807, 2.05) is 0 Å². The number of hydrogen-bond acceptors (Lipinski definition) is 0. The maximum absolute atomic E-state index is 5.99. The van der Waals surface area contributed by atoms with Gasteiger partial charge in [-0.15, -0.1) is 23.2 Å². The van der Waals surface area contributed by atoms with E-state index < -0.39 is 8.07 Å². The van der Waals surface area contributed by atoms with E-state index in [-0.39, 0.29) is 0 Å². The summed E-state index contributed by atoms with van der Waals surface area (Å²) >= 11 is 12.0. The van der Waals surface area contributed by atoms with Crippen molar-refractivity contribution in [2.75, 3.05) is 11.0 Å². The fourth-order valence-electron chi connectivity index (χ4n) is 1.32. The Balaban J connectivity index is 4.46. The predicted molar refractivity (Wildman–Crippen MR) is 57.4 cm³/mol. The molecule has 0 aromatic carbocycles. The highest BCUT2D eigenvalue weighted by Crippen LogP contribution is 2.33. The minimum absolute atomic E-state index is 0.692. The molecule has 0 saturated carbocycles. The first-order valence-electron chi connectivity index (χ1n) is 4.13. The van der Waals surface area contributed by atoms with Crippen molar-refractivity contribution < 1.29 is 0 Å². The first-order valence-corrected chi connectivity index (χ1v) is 7.77. The second kappa shape index (κ2) is 4.73. The number of hydrogen-bond donors (Lipinski definition) is 0. The summed E-state index contributed by atoms with van der Waals surface area (Å²) in [5.41, 5.74) is 2.98. The summed E-state index contributed by atoms with van der Waals surface area (Å²) in [6, 6.07) is 0. The second-order valence-electron chi connectivity index (χ2n) is 3.81. The van der Waals surface area contributed by atoms with Crippen LogP contribution in [0.4, 0.5) is 0 Å². The maximum atomic E-state index is 5.99. The van der Waals surface area contributed by atoms with Crippen LogP contribution in [-0.2, 0) is 0 Å². The molecule has 0 atom stereocenters. The SMILES string of the molecule is CC(C)[Si](CCl)(CCl)C(C)C. The molecule has 0 fully saturated rings. The smallest absolute Gasteiger partial charge is 0.0909 e. The van der Waals surface area contributed by atoms with Crippen LogP contribution in [0.5, 0.6) is 0 Å². The molecule has 0 N–H and O–H groups in total. The first-order chi connectivity index (χ1) is 5.01. The van der Waals surface area contributed by atoms with Gasteiger partial charge in [-0.1, -0.05) is 27.7 Å². The fraction of sp³-hybridized carbons (Fsp3) is 1.00. The number of rotatable bonds is 4. The zero-order chi connectivity index (χ0) is 9.07. The third-order valence-electron chi connectivity index (χ3n) is 2.80. The van der Waals surface area contributed by atoms with Crippen molar-refractivity contribution in [3.8, 4) is 0 Å². The van der Waals surface area contributed by atoms with Gasteiger partial charge in [0, 0.05) is 11.0 Å². The molecule has 0 spiro atoms. The van der Waals surface area contributed by atoms with Crippen LogP contribution in [0.1, 0.15) is 27.7 Å². The minimum Gasteiger partial charge on any atom is -0.130 e. The van der Waals surface area contributed by atoms with Crippen LogP contribution in [0, 0.1) is 0 Å². The fourth-order valence-corrected chi connectivity index (χ4v) is 8.52. The highest BCUT2D eigenvalue weighted by atomic mass is 35.5. The normalized spacial score (nSPS) is 13.1. The van der Waals surface area contributed by atoms with Gasteiger partial charge in [-0.3, -0.25) is 0 Å². The van der Waals surface area contributed by atoms with Gasteiger partial charge in [0.25, 0.3) is 0 Å². The Kier molecular flexibility index (Phi) is 5.08. The molecule has 0 unspecified atom stereocenters. The summed E-state index contributed by atoms with van der Waals surface area (Å²) in [7, 11) is -1.37. The molecule has 11 heavy (non-hydrogen) atoms. The highest BCUT2D eigenvalue weighted by Gasteiger charge is 2.37. The highest BCUT2D eigenvalue weighted by molar-refractivity contribution is 6.91. The second-order valence-corrected chi connectivity index (χ2v) is 10.7. The molecule has 0 aromatic heterocycles. The molecule has 3 heteroatoms. The van der Waals surface area contributed by atoms with E-state index in [2.05, 4.69) is 27.7 Å². The molecular weight excluding hydrogens is 195 g/mol. The Labute approximate surface area is 81.3 Å². The van der Waals surface area contributed by atoms with Gasteiger partial charge in [-0.25, -0.2) is 0 Å². The van der Waals surface area contributed by atoms with E-state index in [9.17, 15) is 0 Å². The van der Waals surface area contributed by atoms with E-state index in [0.717, 1.165) is 11.0 Å². The molecule has 0 radical (unpaired) electrons. The van der Waals surface area contributed by atoms with Gasteiger partial charge in [0.1, 0.15) is 0 Å². The van der Waals surface area contributed by atoms with Gasteiger partial charge >= 0.3 is 0 Å². The summed E-state index contributed by atoms with van der Waals surface area (Å²) in [5.74, 6) is 0. The summed E-state index contributed by atoms with van der Waals surface area (Å²) < 4.78 is 0. The summed E-state index contributed by atoms with van der Waals surface area (Å²) in [4.78, 5) is 0. The average molecular weight is 213 g/mol. The lowest BCUT2D eigenvalue weighted by Crippen LogP contribution is -2.46. The molecule has 0 bridgehead atoms. The lowest BCUT2D eigenvalue weighted by molar-refractivity contribution is 0.899. The van der Waals surface area contributed by atoms with Crippen molar-refractivity contribution in [3.05, 3.63) is 0 Å². The maximum Gasteiger partial charge on any atom is 0.0909 e. The molecule has 0 aliphatic heterocycles. The summed E-state index contributed by atoms with van der Waals surface area (Å²) in [6.07, 6.45) is 0. The van der Waals surface area contributed by atoms with Crippen molar-refractivity contribution in [1.29, 1.82) is 0 Å². The Bertz CT molecular complexity index is 98.7. The molecule has 0 aliphatic carbocycles. The molecule has 0 saturated heterocycles. The lowest BCUT2D eigenvalue weighted by Gasteiger charge is -2.35. The predicted octanol–water partition coefficient (Wildman–Crippen LogP) is 3.81. The zero-order valence-corrected chi connectivity index (χ0v) is 10.3. The Morgan fingerprint density at radius 2 is 1.18 bits per heavy atom. The standard InChI is InChI=1S/C8H18Cl2Si/c1-7(2)11(5-9,6-10)8(3)4/h7-8H,5-6H2,1-4H3. The van der Waals surface area contributed by atoms with Gasteiger partial charge in [0.15, 0.2) is 0 Å². The van der Waals surface area contributed by atoms with Crippen molar-refractivity contribution in [1.82, 2.24) is 0 Å². The van der Waals surface area contributed by atoms with E-state index in [1.165, 1.54) is 0 Å². The van der Waals surface area contributed by atoms with Gasteiger partial charge in [-0.2, -0.15) is 0 Å². The molecule has 0 amide bonds. The van der Waals surface area contributed by atoms with Crippen molar-refractivity contribution >= 4 is 31.3 Å². The molecular formula is C8H18Cl2Si. The largest absolute Gasteiger partial charge is 0.130 e. The summed E-state index contributed by atoms with van der Waals surface area (Å²) in [6.45, 7) is 8.99. The molecule has 0 nitrogen and oxygen atoms in total.